The van der Waals surface area contributed by atoms with Gasteiger partial charge in [-0.05, 0) is 42.5 Å². The third-order valence-corrected chi connectivity index (χ3v) is 5.70. The van der Waals surface area contributed by atoms with E-state index in [-0.39, 0.29) is 33.3 Å². The lowest BCUT2D eigenvalue weighted by Crippen LogP contribution is -2.11. The predicted octanol–water partition coefficient (Wildman–Crippen LogP) is 5.04. The van der Waals surface area contributed by atoms with Gasteiger partial charge in [0.2, 0.25) is 0 Å². The standard InChI is InChI=1S/C23H17F3N2O5S/c1-32-20-6-4-12(8-21(20)33-2)16-9-15(23(24,25)26)14(10-27)22(28-16)34-11-19(31)13-3-5-17(29)18(30)7-13/h3-9,29-30H,11H2,1-2H3. The molecule has 0 radical (unpaired) electrons. The van der Waals surface area contributed by atoms with Crippen LogP contribution in [0.2, 0.25) is 0 Å². The minimum atomic E-state index is -4.85. The van der Waals surface area contributed by atoms with E-state index >= 15 is 0 Å². The first-order chi connectivity index (χ1) is 16.1. The Morgan fingerprint density at radius 1 is 1.06 bits per heavy atom. The Kier molecular flexibility index (Phi) is 7.22. The second-order valence-corrected chi connectivity index (χ2v) is 7.79. The average molecular weight is 490 g/mol. The minimum absolute atomic E-state index is 0.0356. The molecule has 34 heavy (non-hydrogen) atoms. The van der Waals surface area contributed by atoms with Crippen LogP contribution in [0.1, 0.15) is 21.5 Å². The summed E-state index contributed by atoms with van der Waals surface area (Å²) in [5.74, 6) is -1.20. The Morgan fingerprint density at radius 2 is 1.76 bits per heavy atom. The number of hydrogen-bond donors (Lipinski definition) is 2. The van der Waals surface area contributed by atoms with Crippen molar-refractivity contribution >= 4 is 17.5 Å². The number of methoxy groups -OCH3 is 2. The van der Waals surface area contributed by atoms with Crippen LogP contribution >= 0.6 is 11.8 Å². The third-order valence-electron chi connectivity index (χ3n) is 4.72. The Hall–Kier alpha value is -3.91. The molecule has 2 N–H and O–H groups in total. The predicted molar refractivity (Wildman–Crippen MR) is 117 cm³/mol. The Morgan fingerprint density at radius 3 is 2.35 bits per heavy atom. The zero-order chi connectivity index (χ0) is 25.0. The van der Waals surface area contributed by atoms with Gasteiger partial charge >= 0.3 is 6.18 Å². The van der Waals surface area contributed by atoms with Crippen LogP contribution in [0.15, 0.2) is 47.5 Å². The number of aromatic hydroxyl groups is 2. The second kappa shape index (κ2) is 9.93. The van der Waals surface area contributed by atoms with Gasteiger partial charge in [-0.25, -0.2) is 4.98 Å². The first-order valence-electron chi connectivity index (χ1n) is 9.51. The summed E-state index contributed by atoms with van der Waals surface area (Å²) in [7, 11) is 2.79. The minimum Gasteiger partial charge on any atom is -0.504 e. The zero-order valence-corrected chi connectivity index (χ0v) is 18.6. The number of hydrogen-bond acceptors (Lipinski definition) is 8. The number of phenolic OH excluding ortho intramolecular Hbond substituents is 2. The molecule has 3 aromatic rings. The zero-order valence-electron chi connectivity index (χ0n) is 17.8. The number of Topliss-reactive ketones (excluding diaryl/α,β-unsaturated/α-hetero) is 1. The van der Waals surface area contributed by atoms with Gasteiger partial charge in [-0.3, -0.25) is 4.79 Å². The van der Waals surface area contributed by atoms with Crippen LogP contribution in [0.4, 0.5) is 13.2 Å². The highest BCUT2D eigenvalue weighted by molar-refractivity contribution is 8.00. The van der Waals surface area contributed by atoms with Crippen molar-refractivity contribution < 1.29 is 37.7 Å². The number of pyridine rings is 1. The molecule has 0 atom stereocenters. The molecule has 2 aromatic carbocycles. The maximum Gasteiger partial charge on any atom is 0.417 e. The Bertz CT molecular complexity index is 1290. The van der Waals surface area contributed by atoms with Crippen molar-refractivity contribution in [3.05, 3.63) is 59.2 Å². The molecule has 1 heterocycles. The first-order valence-corrected chi connectivity index (χ1v) is 10.5. The van der Waals surface area contributed by atoms with E-state index in [0.29, 0.717) is 17.5 Å². The van der Waals surface area contributed by atoms with Crippen molar-refractivity contribution in [3.8, 4) is 40.3 Å². The highest BCUT2D eigenvalue weighted by Crippen LogP contribution is 2.39. The number of carbonyl (C=O) groups is 1. The van der Waals surface area contributed by atoms with Crippen molar-refractivity contribution in [2.75, 3.05) is 20.0 Å². The molecule has 176 valence electrons. The molecule has 1 aromatic heterocycles. The van der Waals surface area contributed by atoms with Crippen molar-refractivity contribution in [2.24, 2.45) is 0 Å². The van der Waals surface area contributed by atoms with E-state index in [2.05, 4.69) is 4.98 Å². The summed E-state index contributed by atoms with van der Waals surface area (Å²) < 4.78 is 51.7. The molecule has 0 saturated heterocycles. The number of nitriles is 1. The lowest BCUT2D eigenvalue weighted by Gasteiger charge is -2.15. The monoisotopic (exact) mass is 490 g/mol. The Labute approximate surface area is 196 Å². The van der Waals surface area contributed by atoms with Crippen LogP contribution in [-0.4, -0.2) is 41.0 Å². The molecular formula is C23H17F3N2O5S. The van der Waals surface area contributed by atoms with Crippen molar-refractivity contribution in [3.63, 3.8) is 0 Å². The number of carbonyl (C=O) groups excluding carboxylic acids is 1. The van der Waals surface area contributed by atoms with Gasteiger partial charge in [-0.2, -0.15) is 18.4 Å². The summed E-state index contributed by atoms with van der Waals surface area (Å²) in [6, 6.07) is 10.2. The molecule has 0 aliphatic carbocycles. The largest absolute Gasteiger partial charge is 0.504 e. The van der Waals surface area contributed by atoms with Gasteiger partial charge in [0, 0.05) is 11.1 Å². The van der Waals surface area contributed by atoms with Crippen molar-refractivity contribution in [2.45, 2.75) is 11.2 Å². The van der Waals surface area contributed by atoms with E-state index < -0.39 is 34.6 Å². The van der Waals surface area contributed by atoms with Gasteiger partial charge in [0.15, 0.2) is 28.8 Å². The summed E-state index contributed by atoms with van der Waals surface area (Å²) in [4.78, 5) is 16.7. The van der Waals surface area contributed by atoms with Crippen LogP contribution in [0, 0.1) is 11.3 Å². The van der Waals surface area contributed by atoms with E-state index in [1.54, 1.807) is 0 Å². The van der Waals surface area contributed by atoms with Gasteiger partial charge in [0.05, 0.1) is 36.8 Å². The second-order valence-electron chi connectivity index (χ2n) is 6.83. The molecule has 11 heteroatoms. The number of halogens is 3. The van der Waals surface area contributed by atoms with Crippen LogP contribution in [0.5, 0.6) is 23.0 Å². The molecule has 0 spiro atoms. The quantitative estimate of drug-likeness (QED) is 0.269. The molecule has 0 fully saturated rings. The number of phenols is 2. The lowest BCUT2D eigenvalue weighted by molar-refractivity contribution is -0.138. The maximum absolute atomic E-state index is 13.8. The maximum atomic E-state index is 13.8. The van der Waals surface area contributed by atoms with E-state index in [1.807, 2.05) is 0 Å². The topological polar surface area (TPSA) is 113 Å². The Balaban J connectivity index is 2.04. The number of benzene rings is 2. The summed E-state index contributed by atoms with van der Waals surface area (Å²) in [5, 5.41) is 28.1. The van der Waals surface area contributed by atoms with Gasteiger partial charge in [0.1, 0.15) is 11.1 Å². The fourth-order valence-electron chi connectivity index (χ4n) is 3.02. The molecule has 0 aliphatic heterocycles. The fraction of sp³-hybridized carbons (Fsp3) is 0.174. The molecule has 0 unspecified atom stereocenters. The normalized spacial score (nSPS) is 11.1. The van der Waals surface area contributed by atoms with Crippen LogP contribution in [0.25, 0.3) is 11.3 Å². The van der Waals surface area contributed by atoms with Gasteiger partial charge in [-0.15, -0.1) is 0 Å². The van der Waals surface area contributed by atoms with E-state index in [1.165, 1.54) is 44.6 Å². The number of ether oxygens (including phenoxy) is 2. The van der Waals surface area contributed by atoms with Crippen LogP contribution < -0.4 is 9.47 Å². The number of thioether (sulfide) groups is 1. The number of aromatic nitrogens is 1. The van der Waals surface area contributed by atoms with Crippen LogP contribution in [0.3, 0.4) is 0 Å². The SMILES string of the molecule is COc1ccc(-c2cc(C(F)(F)F)c(C#N)c(SCC(=O)c3ccc(O)c(O)c3)n2)cc1OC. The number of nitrogens with zero attached hydrogens (tertiary/aromatic N) is 2. The van der Waals surface area contributed by atoms with E-state index in [4.69, 9.17) is 9.47 Å². The smallest absolute Gasteiger partial charge is 0.417 e. The molecule has 7 nitrogen and oxygen atoms in total. The highest BCUT2D eigenvalue weighted by atomic mass is 32.2. The molecular weight excluding hydrogens is 473 g/mol. The summed E-state index contributed by atoms with van der Waals surface area (Å²) in [5.41, 5.74) is -1.66. The highest BCUT2D eigenvalue weighted by Gasteiger charge is 2.36. The van der Waals surface area contributed by atoms with Crippen LogP contribution in [-0.2, 0) is 6.18 Å². The van der Waals surface area contributed by atoms with Gasteiger partial charge < -0.3 is 19.7 Å². The molecule has 0 aliphatic rings. The molecule has 0 saturated carbocycles. The number of alkyl halides is 3. The van der Waals surface area contributed by atoms with Gasteiger partial charge in [-0.1, -0.05) is 11.8 Å². The van der Waals surface area contributed by atoms with E-state index in [9.17, 15) is 33.4 Å². The molecule has 0 amide bonds. The third kappa shape index (κ3) is 5.18. The van der Waals surface area contributed by atoms with Crippen molar-refractivity contribution in [1.82, 2.24) is 4.98 Å². The van der Waals surface area contributed by atoms with Gasteiger partial charge in [0.25, 0.3) is 0 Å². The van der Waals surface area contributed by atoms with Crippen molar-refractivity contribution in [1.29, 1.82) is 5.26 Å². The summed E-state index contributed by atoms with van der Waals surface area (Å²) in [6.45, 7) is 0. The number of rotatable bonds is 7. The lowest BCUT2D eigenvalue weighted by atomic mass is 10.0. The summed E-state index contributed by atoms with van der Waals surface area (Å²) >= 11 is 0.658. The average Bonchev–Trinajstić information content (AvgIpc) is 2.82. The number of ketones is 1. The first kappa shape index (κ1) is 24.7. The molecule has 3 rings (SSSR count). The summed E-state index contributed by atoms with van der Waals surface area (Å²) in [6.07, 6.45) is -4.85. The van der Waals surface area contributed by atoms with E-state index in [0.717, 1.165) is 18.2 Å². The fourth-order valence-corrected chi connectivity index (χ4v) is 3.91. The molecule has 0 bridgehead atoms.